The molecule has 0 saturated carbocycles. The first-order valence-electron chi connectivity index (χ1n) is 6.70. The molecule has 1 aliphatic rings. The fraction of sp³-hybridized carbons (Fsp3) is 0.923. The SMILES string of the molecule is CCCCCCCN1C(=O)CCC[C@@H]1CO. The van der Waals surface area contributed by atoms with Crippen LogP contribution in [-0.2, 0) is 4.79 Å². The Labute approximate surface area is 98.8 Å². The maximum atomic E-state index is 11.7. The van der Waals surface area contributed by atoms with Crippen molar-refractivity contribution in [2.75, 3.05) is 13.2 Å². The summed E-state index contributed by atoms with van der Waals surface area (Å²) in [5.41, 5.74) is 0. The molecule has 0 aliphatic carbocycles. The third-order valence-corrected chi connectivity index (χ3v) is 3.40. The van der Waals surface area contributed by atoms with Gasteiger partial charge in [0, 0.05) is 13.0 Å². The average molecular weight is 227 g/mol. The van der Waals surface area contributed by atoms with E-state index in [1.165, 1.54) is 25.7 Å². The van der Waals surface area contributed by atoms with Crippen LogP contribution in [0.1, 0.15) is 58.3 Å². The Morgan fingerprint density at radius 3 is 2.75 bits per heavy atom. The van der Waals surface area contributed by atoms with E-state index in [9.17, 15) is 9.90 Å². The summed E-state index contributed by atoms with van der Waals surface area (Å²) >= 11 is 0. The molecule has 3 nitrogen and oxygen atoms in total. The maximum absolute atomic E-state index is 11.7. The molecule has 0 unspecified atom stereocenters. The summed E-state index contributed by atoms with van der Waals surface area (Å²) in [5, 5.41) is 9.23. The quantitative estimate of drug-likeness (QED) is 0.678. The molecule has 0 radical (unpaired) electrons. The largest absolute Gasteiger partial charge is 0.394 e. The van der Waals surface area contributed by atoms with Crippen LogP contribution < -0.4 is 0 Å². The topological polar surface area (TPSA) is 40.5 Å². The van der Waals surface area contributed by atoms with Gasteiger partial charge in [-0.2, -0.15) is 0 Å². The van der Waals surface area contributed by atoms with Gasteiger partial charge in [0.25, 0.3) is 0 Å². The minimum Gasteiger partial charge on any atom is -0.394 e. The number of amides is 1. The summed E-state index contributed by atoms with van der Waals surface area (Å²) in [7, 11) is 0. The van der Waals surface area contributed by atoms with Crippen molar-refractivity contribution in [3.05, 3.63) is 0 Å². The normalized spacial score (nSPS) is 21.5. The highest BCUT2D eigenvalue weighted by atomic mass is 16.3. The van der Waals surface area contributed by atoms with Gasteiger partial charge in [0.1, 0.15) is 0 Å². The lowest BCUT2D eigenvalue weighted by molar-refractivity contribution is -0.137. The fourth-order valence-electron chi connectivity index (χ4n) is 2.37. The Balaban J connectivity index is 2.23. The van der Waals surface area contributed by atoms with Crippen molar-refractivity contribution in [2.45, 2.75) is 64.3 Å². The van der Waals surface area contributed by atoms with Crippen molar-refractivity contribution in [1.82, 2.24) is 4.90 Å². The molecule has 0 aromatic heterocycles. The maximum Gasteiger partial charge on any atom is 0.222 e. The van der Waals surface area contributed by atoms with Gasteiger partial charge in [-0.25, -0.2) is 0 Å². The molecule has 1 amide bonds. The molecule has 1 saturated heterocycles. The first-order chi connectivity index (χ1) is 7.79. The number of piperidine rings is 1. The molecule has 1 rings (SSSR count). The molecule has 1 aliphatic heterocycles. The highest BCUT2D eigenvalue weighted by Crippen LogP contribution is 2.18. The van der Waals surface area contributed by atoms with Gasteiger partial charge in [0.15, 0.2) is 0 Å². The van der Waals surface area contributed by atoms with Crippen molar-refractivity contribution in [3.63, 3.8) is 0 Å². The van der Waals surface area contributed by atoms with Gasteiger partial charge in [-0.3, -0.25) is 4.79 Å². The molecule has 0 aromatic carbocycles. The van der Waals surface area contributed by atoms with Gasteiger partial charge in [-0.1, -0.05) is 32.6 Å². The van der Waals surface area contributed by atoms with Crippen LogP contribution in [-0.4, -0.2) is 35.1 Å². The molecule has 1 atom stereocenters. The minimum absolute atomic E-state index is 0.0902. The fourth-order valence-corrected chi connectivity index (χ4v) is 2.37. The zero-order chi connectivity index (χ0) is 11.8. The number of aliphatic hydroxyl groups excluding tert-OH is 1. The van der Waals surface area contributed by atoms with Gasteiger partial charge in [0.2, 0.25) is 5.91 Å². The molecule has 1 fully saturated rings. The second-order valence-corrected chi connectivity index (χ2v) is 4.73. The molecular weight excluding hydrogens is 202 g/mol. The first kappa shape index (κ1) is 13.5. The monoisotopic (exact) mass is 227 g/mol. The predicted octanol–water partition coefficient (Wildman–Crippen LogP) is 2.33. The number of hydrogen-bond acceptors (Lipinski definition) is 2. The standard InChI is InChI=1S/C13H25NO2/c1-2-3-4-5-6-10-14-12(11-15)8-7-9-13(14)16/h12,15H,2-11H2,1H3/t12-/m1/s1. The lowest BCUT2D eigenvalue weighted by Crippen LogP contribution is -2.45. The lowest BCUT2D eigenvalue weighted by Gasteiger charge is -2.34. The van der Waals surface area contributed by atoms with Crippen LogP contribution in [0.25, 0.3) is 0 Å². The van der Waals surface area contributed by atoms with E-state index in [0.29, 0.717) is 6.42 Å². The number of likely N-dealkylation sites (tertiary alicyclic amines) is 1. The average Bonchev–Trinajstić information content (AvgIpc) is 2.30. The highest BCUT2D eigenvalue weighted by molar-refractivity contribution is 5.77. The van der Waals surface area contributed by atoms with Crippen molar-refractivity contribution >= 4 is 5.91 Å². The lowest BCUT2D eigenvalue weighted by atomic mass is 10.0. The Hall–Kier alpha value is -0.570. The highest BCUT2D eigenvalue weighted by Gasteiger charge is 2.26. The predicted molar refractivity (Wildman–Crippen MR) is 65.2 cm³/mol. The molecule has 3 heteroatoms. The van der Waals surface area contributed by atoms with E-state index in [2.05, 4.69) is 6.92 Å². The smallest absolute Gasteiger partial charge is 0.222 e. The van der Waals surface area contributed by atoms with Crippen LogP contribution in [0.4, 0.5) is 0 Å². The molecule has 94 valence electrons. The van der Waals surface area contributed by atoms with Crippen LogP contribution >= 0.6 is 0 Å². The molecule has 0 aromatic rings. The number of carbonyl (C=O) groups excluding carboxylic acids is 1. The van der Waals surface area contributed by atoms with Crippen molar-refractivity contribution in [1.29, 1.82) is 0 Å². The second kappa shape index (κ2) is 7.66. The van der Waals surface area contributed by atoms with Gasteiger partial charge in [-0.15, -0.1) is 0 Å². The number of hydrogen-bond donors (Lipinski definition) is 1. The Morgan fingerprint density at radius 1 is 1.31 bits per heavy atom. The van der Waals surface area contributed by atoms with Crippen LogP contribution in [0.3, 0.4) is 0 Å². The number of carbonyl (C=O) groups is 1. The van der Waals surface area contributed by atoms with E-state index >= 15 is 0 Å². The minimum atomic E-state index is 0.0902. The number of unbranched alkanes of at least 4 members (excludes halogenated alkanes) is 4. The Bertz CT molecular complexity index is 206. The van der Waals surface area contributed by atoms with E-state index in [4.69, 9.17) is 0 Å². The van der Waals surface area contributed by atoms with E-state index in [-0.39, 0.29) is 18.6 Å². The van der Waals surface area contributed by atoms with Crippen molar-refractivity contribution in [3.8, 4) is 0 Å². The third kappa shape index (κ3) is 4.12. The number of aliphatic hydroxyl groups is 1. The molecule has 0 spiro atoms. The summed E-state index contributed by atoms with van der Waals surface area (Å²) in [6.45, 7) is 3.17. The summed E-state index contributed by atoms with van der Waals surface area (Å²) in [5.74, 6) is 0.237. The molecule has 1 heterocycles. The Morgan fingerprint density at radius 2 is 2.06 bits per heavy atom. The zero-order valence-corrected chi connectivity index (χ0v) is 10.5. The van der Waals surface area contributed by atoms with Crippen LogP contribution in [0.5, 0.6) is 0 Å². The van der Waals surface area contributed by atoms with Crippen LogP contribution in [0, 0.1) is 0 Å². The summed E-state index contributed by atoms with van der Waals surface area (Å²) in [6, 6.07) is 0.0902. The van der Waals surface area contributed by atoms with Crippen molar-refractivity contribution in [2.24, 2.45) is 0 Å². The van der Waals surface area contributed by atoms with Crippen LogP contribution in [0.2, 0.25) is 0 Å². The molecule has 1 N–H and O–H groups in total. The molecule has 16 heavy (non-hydrogen) atoms. The summed E-state index contributed by atoms with van der Waals surface area (Å²) < 4.78 is 0. The number of nitrogens with zero attached hydrogens (tertiary/aromatic N) is 1. The Kier molecular flexibility index (Phi) is 6.46. The first-order valence-corrected chi connectivity index (χ1v) is 6.70. The van der Waals surface area contributed by atoms with E-state index < -0.39 is 0 Å². The number of rotatable bonds is 7. The van der Waals surface area contributed by atoms with E-state index in [0.717, 1.165) is 25.8 Å². The van der Waals surface area contributed by atoms with Gasteiger partial charge < -0.3 is 10.0 Å². The molecule has 0 bridgehead atoms. The van der Waals surface area contributed by atoms with E-state index in [1.54, 1.807) is 0 Å². The third-order valence-electron chi connectivity index (χ3n) is 3.40. The summed E-state index contributed by atoms with van der Waals surface area (Å²) in [4.78, 5) is 13.6. The molecular formula is C13H25NO2. The van der Waals surface area contributed by atoms with Crippen LogP contribution in [0.15, 0.2) is 0 Å². The second-order valence-electron chi connectivity index (χ2n) is 4.73. The van der Waals surface area contributed by atoms with Gasteiger partial charge in [0.05, 0.1) is 12.6 Å². The van der Waals surface area contributed by atoms with Gasteiger partial charge >= 0.3 is 0 Å². The summed E-state index contributed by atoms with van der Waals surface area (Å²) in [6.07, 6.45) is 8.68. The van der Waals surface area contributed by atoms with E-state index in [1.807, 2.05) is 4.90 Å². The van der Waals surface area contributed by atoms with Crippen molar-refractivity contribution < 1.29 is 9.90 Å². The van der Waals surface area contributed by atoms with Gasteiger partial charge in [-0.05, 0) is 19.3 Å². The zero-order valence-electron chi connectivity index (χ0n) is 10.5.